The van der Waals surface area contributed by atoms with E-state index in [1.54, 1.807) is 0 Å². The maximum absolute atomic E-state index is 5.44. The lowest BCUT2D eigenvalue weighted by atomic mass is 9.43. The molecule has 4 atom stereocenters. The van der Waals surface area contributed by atoms with Crippen molar-refractivity contribution in [3.63, 3.8) is 0 Å². The van der Waals surface area contributed by atoms with Crippen molar-refractivity contribution in [1.29, 1.82) is 0 Å². The number of rotatable bonds is 4. The summed E-state index contributed by atoms with van der Waals surface area (Å²) in [6.45, 7) is 7.82. The van der Waals surface area contributed by atoms with Gasteiger partial charge in [0.15, 0.2) is 0 Å². The molecule has 0 aromatic heterocycles. The van der Waals surface area contributed by atoms with Crippen LogP contribution in [0.15, 0.2) is 35.5 Å². The quantitative estimate of drug-likeness (QED) is 0.583. The van der Waals surface area contributed by atoms with E-state index in [9.17, 15) is 0 Å². The van der Waals surface area contributed by atoms with Crippen LogP contribution in [0.3, 0.4) is 0 Å². The first-order valence-corrected chi connectivity index (χ1v) is 7.78. The van der Waals surface area contributed by atoms with Crippen molar-refractivity contribution in [3.05, 3.63) is 35.9 Å². The molecule has 4 rings (SSSR count). The Morgan fingerprint density at radius 1 is 1.25 bits per heavy atom. The summed E-state index contributed by atoms with van der Waals surface area (Å²) in [5, 5.41) is 4.22. The molecular formula is C18H25NO. The maximum Gasteiger partial charge on any atom is 0.142 e. The van der Waals surface area contributed by atoms with Crippen LogP contribution in [-0.4, -0.2) is 6.21 Å². The molecule has 0 saturated heterocycles. The molecule has 2 nitrogen and oxygen atoms in total. The van der Waals surface area contributed by atoms with Gasteiger partial charge in [0.05, 0.1) is 0 Å². The Kier molecular flexibility index (Phi) is 3.57. The summed E-state index contributed by atoms with van der Waals surface area (Å²) in [4.78, 5) is 5.44. The number of benzene rings is 1. The Labute approximate surface area is 122 Å². The minimum atomic E-state index is 0.550. The third-order valence-electron chi connectivity index (χ3n) is 5.81. The van der Waals surface area contributed by atoms with Crippen molar-refractivity contribution in [1.82, 2.24) is 0 Å². The Bertz CT molecular complexity index is 479. The monoisotopic (exact) mass is 271 g/mol. The number of hydrogen-bond donors (Lipinski definition) is 0. The van der Waals surface area contributed by atoms with E-state index in [-0.39, 0.29) is 0 Å². The summed E-state index contributed by atoms with van der Waals surface area (Å²) in [5.74, 6) is 3.09. The normalized spacial score (nSPS) is 34.8. The predicted octanol–water partition coefficient (Wildman–Crippen LogP) is 4.51. The zero-order chi connectivity index (χ0) is 14.2. The summed E-state index contributed by atoms with van der Waals surface area (Å²) < 4.78 is 0. The van der Waals surface area contributed by atoms with E-state index < -0.39 is 0 Å². The molecule has 20 heavy (non-hydrogen) atoms. The van der Waals surface area contributed by atoms with Gasteiger partial charge in [0, 0.05) is 12.1 Å². The molecule has 3 aliphatic rings. The summed E-state index contributed by atoms with van der Waals surface area (Å²) in [6.07, 6.45) is 4.76. The Balaban J connectivity index is 1.51. The van der Waals surface area contributed by atoms with E-state index in [0.29, 0.717) is 17.9 Å². The van der Waals surface area contributed by atoms with Gasteiger partial charge in [-0.15, -0.1) is 0 Å². The third kappa shape index (κ3) is 2.36. The lowest BCUT2D eigenvalue weighted by molar-refractivity contribution is -0.113. The second-order valence-electron chi connectivity index (χ2n) is 7.13. The van der Waals surface area contributed by atoms with Crippen molar-refractivity contribution in [3.8, 4) is 0 Å². The highest BCUT2D eigenvalue weighted by molar-refractivity contribution is 5.61. The first kappa shape index (κ1) is 13.7. The van der Waals surface area contributed by atoms with Gasteiger partial charge in [-0.2, -0.15) is 0 Å². The minimum absolute atomic E-state index is 0.550. The van der Waals surface area contributed by atoms with Gasteiger partial charge in [-0.3, -0.25) is 0 Å². The van der Waals surface area contributed by atoms with Gasteiger partial charge in [-0.05, 0) is 41.6 Å². The largest absolute Gasteiger partial charge is 0.391 e. The van der Waals surface area contributed by atoms with Crippen LogP contribution in [0, 0.1) is 29.1 Å². The van der Waals surface area contributed by atoms with Crippen molar-refractivity contribution in [2.24, 2.45) is 34.2 Å². The highest BCUT2D eigenvalue weighted by atomic mass is 16.6. The summed E-state index contributed by atoms with van der Waals surface area (Å²) in [7, 11) is 0. The van der Waals surface area contributed by atoms with Gasteiger partial charge in [0.1, 0.15) is 6.61 Å². The molecule has 0 heterocycles. The Morgan fingerprint density at radius 3 is 2.65 bits per heavy atom. The molecule has 0 radical (unpaired) electrons. The fourth-order valence-electron chi connectivity index (χ4n) is 4.19. The average molecular weight is 271 g/mol. The van der Waals surface area contributed by atoms with Gasteiger partial charge in [-0.25, -0.2) is 0 Å². The molecule has 2 bridgehead atoms. The first-order valence-electron chi connectivity index (χ1n) is 7.78. The van der Waals surface area contributed by atoms with Crippen LogP contribution in [-0.2, 0) is 11.4 Å². The van der Waals surface area contributed by atoms with E-state index >= 15 is 0 Å². The average Bonchev–Trinajstić information content (AvgIpc) is 2.45. The van der Waals surface area contributed by atoms with E-state index in [1.807, 2.05) is 18.2 Å². The molecule has 108 valence electrons. The molecule has 1 aromatic carbocycles. The van der Waals surface area contributed by atoms with Crippen LogP contribution >= 0.6 is 0 Å². The van der Waals surface area contributed by atoms with Crippen molar-refractivity contribution >= 4 is 6.21 Å². The molecule has 0 unspecified atom stereocenters. The molecular weight excluding hydrogens is 246 g/mol. The second-order valence-corrected chi connectivity index (χ2v) is 7.13. The van der Waals surface area contributed by atoms with Crippen LogP contribution in [0.25, 0.3) is 0 Å². The van der Waals surface area contributed by atoms with Crippen LogP contribution in [0.1, 0.15) is 39.2 Å². The number of oxime groups is 1. The molecule has 3 saturated carbocycles. The predicted molar refractivity (Wildman–Crippen MR) is 82.4 cm³/mol. The fourth-order valence-corrected chi connectivity index (χ4v) is 4.19. The standard InChI is InChI=1S/C18H25NO/c1-13-15(9-16-10-17(13)18(16,2)3)11-19-20-12-14-7-5-4-6-8-14/h4-8,11,13,15-17H,9-10,12H2,1-3H3/b19-11+/t13-,15-,16+,17+/m0/s1. The maximum atomic E-state index is 5.44. The summed E-state index contributed by atoms with van der Waals surface area (Å²) >= 11 is 0. The van der Waals surface area contributed by atoms with Crippen molar-refractivity contribution in [2.45, 2.75) is 40.2 Å². The van der Waals surface area contributed by atoms with Gasteiger partial charge in [-0.1, -0.05) is 56.3 Å². The Morgan fingerprint density at radius 2 is 2.00 bits per heavy atom. The third-order valence-corrected chi connectivity index (χ3v) is 5.81. The zero-order valence-electron chi connectivity index (χ0n) is 12.8. The molecule has 3 aliphatic carbocycles. The van der Waals surface area contributed by atoms with Crippen LogP contribution < -0.4 is 0 Å². The summed E-state index contributed by atoms with van der Waals surface area (Å²) in [5.41, 5.74) is 1.72. The van der Waals surface area contributed by atoms with E-state index in [1.165, 1.54) is 18.4 Å². The van der Waals surface area contributed by atoms with Crippen LogP contribution in [0.4, 0.5) is 0 Å². The van der Waals surface area contributed by atoms with Crippen LogP contribution in [0.2, 0.25) is 0 Å². The highest BCUT2D eigenvalue weighted by Gasteiger charge is 2.55. The summed E-state index contributed by atoms with van der Waals surface area (Å²) in [6, 6.07) is 10.2. The van der Waals surface area contributed by atoms with Crippen LogP contribution in [0.5, 0.6) is 0 Å². The second kappa shape index (κ2) is 5.23. The molecule has 1 aromatic rings. The van der Waals surface area contributed by atoms with Gasteiger partial charge in [0.2, 0.25) is 0 Å². The topological polar surface area (TPSA) is 21.6 Å². The molecule has 0 N–H and O–H groups in total. The van der Waals surface area contributed by atoms with Gasteiger partial charge >= 0.3 is 0 Å². The number of fused-ring (bicyclic) bond motifs is 2. The lowest BCUT2D eigenvalue weighted by Gasteiger charge is -2.61. The molecule has 2 heteroatoms. The smallest absolute Gasteiger partial charge is 0.142 e. The number of hydrogen-bond acceptors (Lipinski definition) is 2. The van der Waals surface area contributed by atoms with Gasteiger partial charge < -0.3 is 4.84 Å². The van der Waals surface area contributed by atoms with E-state index in [4.69, 9.17) is 4.84 Å². The highest BCUT2D eigenvalue weighted by Crippen LogP contribution is 2.62. The fraction of sp³-hybridized carbons (Fsp3) is 0.611. The van der Waals surface area contributed by atoms with E-state index in [0.717, 1.165) is 17.8 Å². The Hall–Kier alpha value is -1.31. The van der Waals surface area contributed by atoms with Crippen molar-refractivity contribution < 1.29 is 4.84 Å². The first-order chi connectivity index (χ1) is 9.59. The zero-order valence-corrected chi connectivity index (χ0v) is 12.8. The van der Waals surface area contributed by atoms with E-state index in [2.05, 4.69) is 44.3 Å². The number of nitrogens with zero attached hydrogens (tertiary/aromatic N) is 1. The minimum Gasteiger partial charge on any atom is -0.391 e. The van der Waals surface area contributed by atoms with Crippen molar-refractivity contribution in [2.75, 3.05) is 0 Å². The van der Waals surface area contributed by atoms with Gasteiger partial charge in [0.25, 0.3) is 0 Å². The lowest BCUT2D eigenvalue weighted by Crippen LogP contribution is -2.55. The molecule has 0 spiro atoms. The molecule has 3 fully saturated rings. The molecule has 0 aliphatic heterocycles. The molecule has 0 amide bonds. The SMILES string of the molecule is C[C@H]1[C@H](/C=N/OCc2ccccc2)C[C@@H]2C[C@H]1C2(C)C.